The molecule has 2 rings (SSSR count). The van der Waals surface area contributed by atoms with Gasteiger partial charge in [0.05, 0.1) is 0 Å². The molecule has 1 spiro atoms. The maximum atomic E-state index is 3.53. The van der Waals surface area contributed by atoms with E-state index in [4.69, 9.17) is 0 Å². The van der Waals surface area contributed by atoms with Crippen LogP contribution in [0, 0.1) is 0 Å². The third-order valence-electron chi connectivity index (χ3n) is 3.19. The van der Waals surface area contributed by atoms with Gasteiger partial charge < -0.3 is 5.32 Å². The van der Waals surface area contributed by atoms with Crippen molar-refractivity contribution in [2.75, 3.05) is 26.7 Å². The van der Waals surface area contributed by atoms with Gasteiger partial charge in [-0.15, -0.1) is 0 Å². The summed E-state index contributed by atoms with van der Waals surface area (Å²) in [5.41, 5.74) is 0.584. The zero-order chi connectivity index (χ0) is 7.73. The van der Waals surface area contributed by atoms with Crippen LogP contribution in [0.4, 0.5) is 0 Å². The summed E-state index contributed by atoms with van der Waals surface area (Å²) in [6, 6.07) is 0. The van der Waals surface area contributed by atoms with Crippen molar-refractivity contribution >= 4 is 0 Å². The van der Waals surface area contributed by atoms with Gasteiger partial charge in [0.15, 0.2) is 0 Å². The van der Waals surface area contributed by atoms with Crippen LogP contribution in [0.15, 0.2) is 0 Å². The van der Waals surface area contributed by atoms with E-state index < -0.39 is 0 Å². The van der Waals surface area contributed by atoms with Gasteiger partial charge in [-0.2, -0.15) is 0 Å². The average Bonchev–Trinajstić information content (AvgIpc) is 2.55. The van der Waals surface area contributed by atoms with Crippen LogP contribution >= 0.6 is 0 Å². The predicted octanol–water partition coefficient (Wildman–Crippen LogP) is 0.834. The first-order chi connectivity index (χ1) is 5.33. The summed E-state index contributed by atoms with van der Waals surface area (Å²) in [6.07, 6.45) is 5.64. The second-order valence-electron chi connectivity index (χ2n) is 4.07. The molecule has 0 aromatic carbocycles. The van der Waals surface area contributed by atoms with Gasteiger partial charge in [-0.25, -0.2) is 0 Å². The topological polar surface area (TPSA) is 15.0 Å². The summed E-state index contributed by atoms with van der Waals surface area (Å²) in [5.74, 6) is 0. The molecule has 0 amide bonds. The molecule has 0 aliphatic carbocycles. The third kappa shape index (κ3) is 1.42. The van der Waals surface area contributed by atoms with Gasteiger partial charge in [0.25, 0.3) is 0 Å². The molecule has 1 N–H and O–H groups in total. The molecule has 0 aromatic rings. The van der Waals surface area contributed by atoms with Gasteiger partial charge in [0.2, 0.25) is 0 Å². The standard InChI is InChI=1S/C9H18N2/c1-11-8-9(11)5-3-2-4-6-10-7-9/h10H,2-8H2,1H3. The molecular formula is C9H18N2. The van der Waals surface area contributed by atoms with E-state index in [1.807, 2.05) is 0 Å². The molecule has 2 saturated heterocycles. The highest BCUT2D eigenvalue weighted by Gasteiger charge is 2.47. The van der Waals surface area contributed by atoms with Crippen LogP contribution in [0.25, 0.3) is 0 Å². The highest BCUT2D eigenvalue weighted by Crippen LogP contribution is 2.35. The molecule has 2 atom stereocenters. The largest absolute Gasteiger partial charge is 0.315 e. The van der Waals surface area contributed by atoms with Gasteiger partial charge >= 0.3 is 0 Å². The van der Waals surface area contributed by atoms with E-state index in [9.17, 15) is 0 Å². The Kier molecular flexibility index (Phi) is 1.90. The van der Waals surface area contributed by atoms with E-state index in [0.717, 1.165) is 0 Å². The van der Waals surface area contributed by atoms with E-state index in [0.29, 0.717) is 5.54 Å². The number of hydrogen-bond donors (Lipinski definition) is 1. The van der Waals surface area contributed by atoms with Gasteiger partial charge in [0.1, 0.15) is 0 Å². The zero-order valence-electron chi connectivity index (χ0n) is 7.40. The quantitative estimate of drug-likeness (QED) is 0.520. The lowest BCUT2D eigenvalue weighted by atomic mass is 9.99. The van der Waals surface area contributed by atoms with Crippen molar-refractivity contribution in [1.29, 1.82) is 0 Å². The van der Waals surface area contributed by atoms with Gasteiger partial charge in [-0.3, -0.25) is 4.90 Å². The van der Waals surface area contributed by atoms with Crippen molar-refractivity contribution in [3.63, 3.8) is 0 Å². The van der Waals surface area contributed by atoms with Gasteiger partial charge in [-0.05, 0) is 26.4 Å². The first-order valence-electron chi connectivity index (χ1n) is 4.75. The van der Waals surface area contributed by atoms with Crippen molar-refractivity contribution < 1.29 is 0 Å². The molecular weight excluding hydrogens is 136 g/mol. The minimum Gasteiger partial charge on any atom is -0.315 e. The second-order valence-corrected chi connectivity index (χ2v) is 4.07. The normalized spacial score (nSPS) is 45.0. The highest BCUT2D eigenvalue weighted by atomic mass is 15.4. The van der Waals surface area contributed by atoms with Crippen LogP contribution in [0.5, 0.6) is 0 Å². The zero-order valence-corrected chi connectivity index (χ0v) is 7.40. The molecule has 2 aliphatic heterocycles. The molecule has 64 valence electrons. The minimum absolute atomic E-state index is 0.584. The fraction of sp³-hybridized carbons (Fsp3) is 1.00. The highest BCUT2D eigenvalue weighted by molar-refractivity contribution is 5.06. The summed E-state index contributed by atoms with van der Waals surface area (Å²) in [6.45, 7) is 3.78. The summed E-state index contributed by atoms with van der Waals surface area (Å²) in [4.78, 5) is 2.48. The Morgan fingerprint density at radius 1 is 1.27 bits per heavy atom. The van der Waals surface area contributed by atoms with E-state index in [1.54, 1.807) is 0 Å². The van der Waals surface area contributed by atoms with Crippen molar-refractivity contribution in [3.8, 4) is 0 Å². The summed E-state index contributed by atoms with van der Waals surface area (Å²) >= 11 is 0. The minimum atomic E-state index is 0.584. The lowest BCUT2D eigenvalue weighted by Crippen LogP contribution is -2.34. The predicted molar refractivity (Wildman–Crippen MR) is 46.7 cm³/mol. The number of nitrogens with zero attached hydrogens (tertiary/aromatic N) is 1. The number of rotatable bonds is 0. The number of likely N-dealkylation sites (N-methyl/N-ethyl adjacent to an activating group) is 1. The van der Waals surface area contributed by atoms with Gasteiger partial charge in [-0.1, -0.05) is 12.8 Å². The Bertz CT molecular complexity index is 136. The molecule has 2 nitrogen and oxygen atoms in total. The Labute approximate surface area is 69.0 Å². The molecule has 0 radical (unpaired) electrons. The molecule has 0 saturated carbocycles. The van der Waals surface area contributed by atoms with E-state index in [2.05, 4.69) is 17.3 Å². The average molecular weight is 154 g/mol. The van der Waals surface area contributed by atoms with Crippen molar-refractivity contribution in [3.05, 3.63) is 0 Å². The number of hydrogen-bond acceptors (Lipinski definition) is 2. The maximum Gasteiger partial charge on any atom is 0.0458 e. The third-order valence-corrected chi connectivity index (χ3v) is 3.19. The Balaban J connectivity index is 1.89. The lowest BCUT2D eigenvalue weighted by molar-refractivity contribution is 0.371. The van der Waals surface area contributed by atoms with E-state index >= 15 is 0 Å². The fourth-order valence-electron chi connectivity index (χ4n) is 2.16. The first kappa shape index (κ1) is 7.56. The van der Waals surface area contributed by atoms with Crippen LogP contribution < -0.4 is 5.32 Å². The smallest absolute Gasteiger partial charge is 0.0458 e. The van der Waals surface area contributed by atoms with Crippen LogP contribution in [0.3, 0.4) is 0 Å². The molecule has 11 heavy (non-hydrogen) atoms. The van der Waals surface area contributed by atoms with E-state index in [-0.39, 0.29) is 0 Å². The summed E-state index contributed by atoms with van der Waals surface area (Å²) in [7, 11) is 2.24. The molecule has 2 heterocycles. The Morgan fingerprint density at radius 3 is 2.82 bits per heavy atom. The monoisotopic (exact) mass is 154 g/mol. The van der Waals surface area contributed by atoms with Crippen LogP contribution in [-0.2, 0) is 0 Å². The molecule has 0 bridgehead atoms. The Morgan fingerprint density at radius 2 is 2.09 bits per heavy atom. The fourth-order valence-corrected chi connectivity index (χ4v) is 2.16. The molecule has 0 aromatic heterocycles. The van der Waals surface area contributed by atoms with Crippen molar-refractivity contribution in [2.24, 2.45) is 0 Å². The summed E-state index contributed by atoms with van der Waals surface area (Å²) in [5, 5.41) is 3.53. The summed E-state index contributed by atoms with van der Waals surface area (Å²) < 4.78 is 0. The molecule has 2 unspecified atom stereocenters. The van der Waals surface area contributed by atoms with E-state index in [1.165, 1.54) is 45.3 Å². The number of nitrogens with one attached hydrogen (secondary N) is 1. The maximum absolute atomic E-state index is 3.53. The van der Waals surface area contributed by atoms with Crippen molar-refractivity contribution in [1.82, 2.24) is 10.2 Å². The van der Waals surface area contributed by atoms with Crippen LogP contribution in [0.2, 0.25) is 0 Å². The lowest BCUT2D eigenvalue weighted by Gasteiger charge is -2.19. The van der Waals surface area contributed by atoms with Gasteiger partial charge in [0, 0.05) is 18.6 Å². The molecule has 2 fully saturated rings. The molecule has 2 aliphatic rings. The second kappa shape index (κ2) is 2.76. The first-order valence-corrected chi connectivity index (χ1v) is 4.75. The SMILES string of the molecule is CN1CC12CCCCCNC2. The molecule has 2 heteroatoms. The van der Waals surface area contributed by atoms with Crippen LogP contribution in [-0.4, -0.2) is 37.1 Å². The van der Waals surface area contributed by atoms with Crippen LogP contribution in [0.1, 0.15) is 25.7 Å². The Hall–Kier alpha value is -0.0800. The van der Waals surface area contributed by atoms with Crippen molar-refractivity contribution in [2.45, 2.75) is 31.2 Å².